The topological polar surface area (TPSA) is 186 Å². The zero-order valence-corrected chi connectivity index (χ0v) is 36.1. The second kappa shape index (κ2) is 16.2. The molecule has 0 bridgehead atoms. The summed E-state index contributed by atoms with van der Waals surface area (Å²) < 4.78 is 28.6. The molecule has 50 heavy (non-hydrogen) atoms. The van der Waals surface area contributed by atoms with Crippen LogP contribution in [0.1, 0.15) is 113 Å². The van der Waals surface area contributed by atoms with E-state index in [2.05, 4.69) is 45.2 Å². The van der Waals surface area contributed by atoms with Crippen LogP contribution in [-0.2, 0) is 18.6 Å². The smallest absolute Gasteiger partial charge is 0.393 e. The van der Waals surface area contributed by atoms with Crippen molar-refractivity contribution < 1.29 is 53.9 Å². The fraction of sp³-hybridized carbons (Fsp3) is 0.944. The van der Waals surface area contributed by atoms with Gasteiger partial charge in [-0.15, -0.1) is 0 Å². The Hall–Kier alpha value is 1.60. The first-order chi connectivity index (χ1) is 22.0. The number of fused-ring (bicyclic) bond motifs is 5. The normalized spacial score (nSPS) is 46.6. The standard InChI is InChI=1S/C36H63O11P.Ca.Mg/c1-20(2)10-9-14-36(8,47-31-30(41)29(40)28(39)23(46-31)19-45-48(42,43)44)21-11-16-35(7)27(21)22(37)18-25-33(5)15-13-26(38)32(3,4)24(33)12-17-34(25,35)6;;/h10,21-31,37-41H,9,11-19H2,1-8H3,(H2,42,43,44);;/q;2*+2/t21?,22-,23-,24?,25?,26+,27?,28-,29+,30-,31+,33+,34-,35-,36+;;/m1../s1. The van der Waals surface area contributed by atoms with Gasteiger partial charge in [0.25, 0.3) is 0 Å². The summed E-state index contributed by atoms with van der Waals surface area (Å²) in [6.07, 6.45) is 0.805. The monoisotopic (exact) mass is 766 g/mol. The van der Waals surface area contributed by atoms with Crippen LogP contribution in [0.5, 0.6) is 0 Å². The maximum Gasteiger partial charge on any atom is 2.00 e. The van der Waals surface area contributed by atoms with Crippen molar-refractivity contribution in [3.63, 3.8) is 0 Å². The van der Waals surface area contributed by atoms with Crippen molar-refractivity contribution in [2.75, 3.05) is 6.61 Å². The minimum absolute atomic E-state index is 0. The maximum absolute atomic E-state index is 12.3. The van der Waals surface area contributed by atoms with Gasteiger partial charge in [0.1, 0.15) is 24.4 Å². The van der Waals surface area contributed by atoms with E-state index >= 15 is 0 Å². The Bertz CT molecular complexity index is 1260. The molecule has 0 aromatic heterocycles. The minimum Gasteiger partial charge on any atom is -0.393 e. The molecule has 1 aliphatic heterocycles. The van der Waals surface area contributed by atoms with Gasteiger partial charge in [-0.2, -0.15) is 0 Å². The SMILES string of the molecule is CC(C)=CCC[C@](C)(O[C@@H]1O[C@H](COP(=O)(O)O)[C@@H](O)[C@H](O)[C@H]1O)C1CC[C@]2(C)C1[C@H](O)CC1[C@@]3(C)CC[C@H](O)C(C)(C)C3CC[C@]12C.[Ca+2].[Mg+2]. The Labute approximate surface area is 345 Å². The number of hydrogen-bond donors (Lipinski definition) is 7. The Morgan fingerprint density at radius 1 is 0.900 bits per heavy atom. The molecular weight excluding hydrogens is 704 g/mol. The third-order valence-electron chi connectivity index (χ3n) is 14.8. The van der Waals surface area contributed by atoms with Crippen molar-refractivity contribution in [3.05, 3.63) is 11.6 Å². The molecule has 4 aliphatic carbocycles. The number of aliphatic hydroxyl groups excluding tert-OH is 5. The summed E-state index contributed by atoms with van der Waals surface area (Å²) in [6.45, 7) is 17.0. The van der Waals surface area contributed by atoms with E-state index in [1.165, 1.54) is 0 Å². The van der Waals surface area contributed by atoms with Crippen LogP contribution < -0.4 is 0 Å². The molecule has 278 valence electrons. The molecule has 1 heterocycles. The van der Waals surface area contributed by atoms with Gasteiger partial charge >= 0.3 is 68.6 Å². The fourth-order valence-electron chi connectivity index (χ4n) is 12.0. The Morgan fingerprint density at radius 3 is 2.12 bits per heavy atom. The summed E-state index contributed by atoms with van der Waals surface area (Å²) in [5, 5.41) is 55.7. The summed E-state index contributed by atoms with van der Waals surface area (Å²) in [4.78, 5) is 18.5. The summed E-state index contributed by atoms with van der Waals surface area (Å²) in [7, 11) is -4.89. The van der Waals surface area contributed by atoms with Crippen LogP contribution in [0.25, 0.3) is 0 Å². The van der Waals surface area contributed by atoms with E-state index in [9.17, 15) is 39.9 Å². The van der Waals surface area contributed by atoms with Gasteiger partial charge in [0.2, 0.25) is 0 Å². The summed E-state index contributed by atoms with van der Waals surface area (Å²) in [6, 6.07) is 0. The molecule has 0 radical (unpaired) electrons. The van der Waals surface area contributed by atoms with Crippen LogP contribution in [0.3, 0.4) is 0 Å². The fourth-order valence-corrected chi connectivity index (χ4v) is 12.3. The van der Waals surface area contributed by atoms with Gasteiger partial charge in [-0.1, -0.05) is 46.3 Å². The summed E-state index contributed by atoms with van der Waals surface area (Å²) in [5.74, 6) is 0.421. The van der Waals surface area contributed by atoms with Gasteiger partial charge in [-0.3, -0.25) is 4.52 Å². The van der Waals surface area contributed by atoms with E-state index in [0.29, 0.717) is 31.1 Å². The van der Waals surface area contributed by atoms with Crippen molar-refractivity contribution in [1.82, 2.24) is 0 Å². The zero-order valence-electron chi connectivity index (χ0n) is 31.6. The first-order valence-electron chi connectivity index (χ1n) is 18.1. The molecule has 14 heteroatoms. The molecular formula is C36H63CaMgO11P+4. The van der Waals surface area contributed by atoms with E-state index in [-0.39, 0.29) is 100 Å². The molecule has 11 nitrogen and oxygen atoms in total. The number of hydrogen-bond acceptors (Lipinski definition) is 9. The summed E-state index contributed by atoms with van der Waals surface area (Å²) in [5.41, 5.74) is -0.250. The van der Waals surface area contributed by atoms with E-state index in [0.717, 1.165) is 44.1 Å². The molecule has 0 aromatic rings. The number of aliphatic hydroxyl groups is 5. The summed E-state index contributed by atoms with van der Waals surface area (Å²) >= 11 is 0. The largest absolute Gasteiger partial charge is 2.00 e. The van der Waals surface area contributed by atoms with Crippen molar-refractivity contribution in [1.29, 1.82) is 0 Å². The Kier molecular flexibility index (Phi) is 14.9. The van der Waals surface area contributed by atoms with E-state index < -0.39 is 56.8 Å². The van der Waals surface area contributed by atoms with Gasteiger partial charge in [0.05, 0.1) is 24.4 Å². The first kappa shape index (κ1) is 46.0. The zero-order chi connectivity index (χ0) is 35.8. The third-order valence-corrected chi connectivity index (χ3v) is 15.3. The average molecular weight is 767 g/mol. The van der Waals surface area contributed by atoms with Crippen LogP contribution in [0.2, 0.25) is 0 Å². The van der Waals surface area contributed by atoms with Crippen LogP contribution in [-0.4, -0.2) is 151 Å². The minimum atomic E-state index is -4.89. The molecule has 0 spiro atoms. The van der Waals surface area contributed by atoms with Crippen LogP contribution >= 0.6 is 7.82 Å². The van der Waals surface area contributed by atoms with E-state index in [1.807, 2.05) is 20.8 Å². The quantitative estimate of drug-likeness (QED) is 0.103. The van der Waals surface area contributed by atoms with E-state index in [1.54, 1.807) is 0 Å². The molecule has 5 fully saturated rings. The van der Waals surface area contributed by atoms with Crippen LogP contribution in [0.15, 0.2) is 11.6 Å². The number of allylic oxidation sites excluding steroid dienone is 2. The van der Waals surface area contributed by atoms with Crippen molar-refractivity contribution in [2.24, 2.45) is 45.3 Å². The van der Waals surface area contributed by atoms with Crippen LogP contribution in [0.4, 0.5) is 0 Å². The molecule has 0 aromatic carbocycles. The molecule has 7 N–H and O–H groups in total. The molecule has 1 saturated heterocycles. The third kappa shape index (κ3) is 8.05. The molecule has 15 atom stereocenters. The molecule has 4 saturated carbocycles. The van der Waals surface area contributed by atoms with Gasteiger partial charge in [0.15, 0.2) is 6.29 Å². The van der Waals surface area contributed by atoms with Gasteiger partial charge in [0, 0.05) is 0 Å². The molecule has 5 rings (SSSR count). The molecule has 5 aliphatic rings. The van der Waals surface area contributed by atoms with Crippen LogP contribution in [0, 0.1) is 45.3 Å². The number of phosphoric ester groups is 1. The first-order valence-corrected chi connectivity index (χ1v) is 19.6. The predicted molar refractivity (Wildman–Crippen MR) is 191 cm³/mol. The Morgan fingerprint density at radius 2 is 1.52 bits per heavy atom. The van der Waals surface area contributed by atoms with E-state index in [4.69, 9.17) is 9.47 Å². The van der Waals surface area contributed by atoms with Crippen molar-refractivity contribution >= 4 is 68.6 Å². The van der Waals surface area contributed by atoms with Crippen molar-refractivity contribution in [2.45, 2.75) is 162 Å². The average Bonchev–Trinajstić information content (AvgIpc) is 3.36. The molecule has 0 amide bonds. The second-order valence-electron chi connectivity index (χ2n) is 17.9. The van der Waals surface area contributed by atoms with Crippen molar-refractivity contribution in [3.8, 4) is 0 Å². The van der Waals surface area contributed by atoms with Gasteiger partial charge in [-0.25, -0.2) is 4.57 Å². The second-order valence-corrected chi connectivity index (χ2v) is 19.1. The van der Waals surface area contributed by atoms with Gasteiger partial charge < -0.3 is 44.8 Å². The Balaban J connectivity index is 0.00000338. The molecule has 4 unspecified atom stereocenters. The maximum atomic E-state index is 12.3. The number of phosphoric acid groups is 1. The predicted octanol–water partition coefficient (Wildman–Crippen LogP) is 3.68. The number of rotatable bonds is 9. The van der Waals surface area contributed by atoms with Gasteiger partial charge in [-0.05, 0) is 124 Å². The number of ether oxygens (including phenoxy) is 2.